The van der Waals surface area contributed by atoms with Crippen molar-refractivity contribution >= 4 is 16.7 Å². The number of aromatic nitrogens is 1. The van der Waals surface area contributed by atoms with Gasteiger partial charge in [0.2, 0.25) is 0 Å². The first-order chi connectivity index (χ1) is 14.7. The number of rotatable bonds is 8. The number of ether oxygens (including phenoxy) is 2. The SMILES string of the molecule is CCOc1ccc(CN2CCC(Nc3ccc4ccccc4n3)CC2)cc1OCC. The molecule has 3 aromatic rings. The van der Waals surface area contributed by atoms with Gasteiger partial charge in [-0.15, -0.1) is 0 Å². The van der Waals surface area contributed by atoms with Crippen LogP contribution in [-0.4, -0.2) is 42.2 Å². The predicted octanol–water partition coefficient (Wildman–Crippen LogP) is 5.11. The molecule has 0 aliphatic carbocycles. The molecule has 0 saturated carbocycles. The van der Waals surface area contributed by atoms with Gasteiger partial charge in [0.05, 0.1) is 18.7 Å². The fourth-order valence-electron chi connectivity index (χ4n) is 4.04. The molecule has 1 fully saturated rings. The Hall–Kier alpha value is -2.79. The van der Waals surface area contributed by atoms with Crippen LogP contribution in [0.1, 0.15) is 32.3 Å². The minimum Gasteiger partial charge on any atom is -0.490 e. The molecule has 5 heteroatoms. The number of hydrogen-bond acceptors (Lipinski definition) is 5. The highest BCUT2D eigenvalue weighted by Gasteiger charge is 2.20. The lowest BCUT2D eigenvalue weighted by Gasteiger charge is -2.32. The van der Waals surface area contributed by atoms with Crippen molar-refractivity contribution in [3.63, 3.8) is 0 Å². The van der Waals surface area contributed by atoms with E-state index in [1.807, 2.05) is 26.0 Å². The van der Waals surface area contributed by atoms with Crippen molar-refractivity contribution < 1.29 is 9.47 Å². The van der Waals surface area contributed by atoms with Gasteiger partial charge in [-0.2, -0.15) is 0 Å². The quantitative estimate of drug-likeness (QED) is 0.564. The molecule has 0 radical (unpaired) electrons. The van der Waals surface area contributed by atoms with Crippen molar-refractivity contribution in [2.45, 2.75) is 39.3 Å². The molecule has 2 heterocycles. The van der Waals surface area contributed by atoms with Crippen LogP contribution in [0.4, 0.5) is 5.82 Å². The van der Waals surface area contributed by atoms with Crippen molar-refractivity contribution in [3.8, 4) is 11.5 Å². The van der Waals surface area contributed by atoms with Gasteiger partial charge in [-0.3, -0.25) is 4.90 Å². The number of anilines is 1. The Balaban J connectivity index is 1.32. The van der Waals surface area contributed by atoms with E-state index >= 15 is 0 Å². The number of nitrogens with zero attached hydrogens (tertiary/aromatic N) is 2. The van der Waals surface area contributed by atoms with Gasteiger partial charge in [-0.25, -0.2) is 4.98 Å². The third-order valence-electron chi connectivity index (χ3n) is 5.55. The normalized spacial score (nSPS) is 15.3. The maximum Gasteiger partial charge on any atom is 0.161 e. The van der Waals surface area contributed by atoms with Crippen LogP contribution >= 0.6 is 0 Å². The molecule has 158 valence electrons. The number of fused-ring (bicyclic) bond motifs is 1. The largest absolute Gasteiger partial charge is 0.490 e. The molecule has 1 aromatic heterocycles. The van der Waals surface area contributed by atoms with E-state index < -0.39 is 0 Å². The van der Waals surface area contributed by atoms with E-state index in [2.05, 4.69) is 52.7 Å². The summed E-state index contributed by atoms with van der Waals surface area (Å²) in [6.45, 7) is 8.37. The Labute approximate surface area is 179 Å². The number of pyridine rings is 1. The Morgan fingerprint density at radius 1 is 0.933 bits per heavy atom. The highest BCUT2D eigenvalue weighted by Crippen LogP contribution is 2.29. The van der Waals surface area contributed by atoms with Crippen molar-refractivity contribution in [3.05, 3.63) is 60.2 Å². The van der Waals surface area contributed by atoms with Crippen LogP contribution in [0.25, 0.3) is 10.9 Å². The van der Waals surface area contributed by atoms with Gasteiger partial charge in [0.25, 0.3) is 0 Å². The average molecular weight is 406 g/mol. The van der Waals surface area contributed by atoms with Gasteiger partial charge in [0.15, 0.2) is 11.5 Å². The summed E-state index contributed by atoms with van der Waals surface area (Å²) in [5.74, 6) is 2.64. The monoisotopic (exact) mass is 405 g/mol. The van der Waals surface area contributed by atoms with Gasteiger partial charge in [0.1, 0.15) is 5.82 Å². The van der Waals surface area contributed by atoms with E-state index in [1.165, 1.54) is 10.9 Å². The van der Waals surface area contributed by atoms with E-state index in [4.69, 9.17) is 14.5 Å². The van der Waals surface area contributed by atoms with Crippen LogP contribution in [0.15, 0.2) is 54.6 Å². The summed E-state index contributed by atoms with van der Waals surface area (Å²) in [5.41, 5.74) is 2.31. The zero-order chi connectivity index (χ0) is 20.8. The molecule has 1 saturated heterocycles. The van der Waals surface area contributed by atoms with Gasteiger partial charge in [0, 0.05) is 31.1 Å². The second kappa shape index (κ2) is 9.81. The summed E-state index contributed by atoms with van der Waals surface area (Å²) in [4.78, 5) is 7.27. The Morgan fingerprint density at radius 2 is 1.70 bits per heavy atom. The van der Waals surface area contributed by atoms with Crippen molar-refractivity contribution in [1.29, 1.82) is 0 Å². The molecule has 0 amide bonds. The van der Waals surface area contributed by atoms with Crippen molar-refractivity contribution in [2.75, 3.05) is 31.6 Å². The zero-order valence-corrected chi connectivity index (χ0v) is 17.9. The third kappa shape index (κ3) is 5.03. The summed E-state index contributed by atoms with van der Waals surface area (Å²) in [7, 11) is 0. The minimum absolute atomic E-state index is 0.467. The van der Waals surface area contributed by atoms with E-state index in [0.29, 0.717) is 19.3 Å². The van der Waals surface area contributed by atoms with E-state index in [0.717, 1.165) is 55.3 Å². The molecule has 4 rings (SSSR count). The van der Waals surface area contributed by atoms with Gasteiger partial charge in [-0.1, -0.05) is 24.3 Å². The molecular weight excluding hydrogens is 374 g/mol. The number of benzene rings is 2. The number of para-hydroxylation sites is 1. The van der Waals surface area contributed by atoms with Crippen LogP contribution in [0.3, 0.4) is 0 Å². The van der Waals surface area contributed by atoms with Crippen LogP contribution < -0.4 is 14.8 Å². The fraction of sp³-hybridized carbons (Fsp3) is 0.400. The first kappa shape index (κ1) is 20.5. The second-order valence-electron chi connectivity index (χ2n) is 7.73. The van der Waals surface area contributed by atoms with Crippen molar-refractivity contribution in [1.82, 2.24) is 9.88 Å². The zero-order valence-electron chi connectivity index (χ0n) is 17.9. The molecule has 2 aromatic carbocycles. The first-order valence-corrected chi connectivity index (χ1v) is 11.0. The molecule has 0 bridgehead atoms. The summed E-state index contributed by atoms with van der Waals surface area (Å²) >= 11 is 0. The molecule has 1 aliphatic heterocycles. The number of hydrogen-bond donors (Lipinski definition) is 1. The summed E-state index contributed by atoms with van der Waals surface area (Å²) < 4.78 is 11.5. The Bertz CT molecular complexity index is 968. The van der Waals surface area contributed by atoms with E-state index in [-0.39, 0.29) is 0 Å². The van der Waals surface area contributed by atoms with E-state index in [9.17, 15) is 0 Å². The van der Waals surface area contributed by atoms with Crippen molar-refractivity contribution in [2.24, 2.45) is 0 Å². The summed E-state index contributed by atoms with van der Waals surface area (Å²) in [6.07, 6.45) is 2.23. The second-order valence-corrected chi connectivity index (χ2v) is 7.73. The Morgan fingerprint density at radius 3 is 2.50 bits per heavy atom. The van der Waals surface area contributed by atoms with E-state index in [1.54, 1.807) is 0 Å². The number of nitrogens with one attached hydrogen (secondary N) is 1. The predicted molar refractivity (Wildman–Crippen MR) is 122 cm³/mol. The maximum atomic E-state index is 5.77. The Kier molecular flexibility index (Phi) is 6.70. The topological polar surface area (TPSA) is 46.6 Å². The molecule has 30 heavy (non-hydrogen) atoms. The average Bonchev–Trinajstić information content (AvgIpc) is 2.77. The molecular formula is C25H31N3O2. The highest BCUT2D eigenvalue weighted by molar-refractivity contribution is 5.80. The third-order valence-corrected chi connectivity index (χ3v) is 5.55. The van der Waals surface area contributed by atoms with Crippen LogP contribution in [0.2, 0.25) is 0 Å². The molecule has 0 atom stereocenters. The summed E-state index contributed by atoms with van der Waals surface area (Å²) in [6, 6.07) is 19.3. The smallest absolute Gasteiger partial charge is 0.161 e. The molecule has 0 unspecified atom stereocenters. The van der Waals surface area contributed by atoms with Gasteiger partial charge in [-0.05, 0) is 62.6 Å². The highest BCUT2D eigenvalue weighted by atomic mass is 16.5. The summed E-state index contributed by atoms with van der Waals surface area (Å²) in [5, 5.41) is 4.81. The maximum absolute atomic E-state index is 5.77. The lowest BCUT2D eigenvalue weighted by molar-refractivity contribution is 0.210. The van der Waals surface area contributed by atoms with Crippen LogP contribution in [-0.2, 0) is 6.54 Å². The van der Waals surface area contributed by atoms with Crippen LogP contribution in [0.5, 0.6) is 11.5 Å². The number of piperidine rings is 1. The molecule has 5 nitrogen and oxygen atoms in total. The number of likely N-dealkylation sites (tertiary alicyclic amines) is 1. The minimum atomic E-state index is 0.467. The standard InChI is InChI=1S/C25H31N3O2/c1-3-29-23-11-9-19(17-24(23)30-4-2)18-28-15-13-21(14-16-28)26-25-12-10-20-7-5-6-8-22(20)27-25/h5-12,17,21H,3-4,13-16,18H2,1-2H3,(H,26,27). The lowest BCUT2D eigenvalue weighted by Crippen LogP contribution is -2.38. The lowest BCUT2D eigenvalue weighted by atomic mass is 10.0. The molecule has 1 aliphatic rings. The van der Waals surface area contributed by atoms with Gasteiger partial charge < -0.3 is 14.8 Å². The first-order valence-electron chi connectivity index (χ1n) is 11.0. The molecule has 1 N–H and O–H groups in total. The van der Waals surface area contributed by atoms with Crippen LogP contribution in [0, 0.1) is 0 Å². The van der Waals surface area contributed by atoms with Gasteiger partial charge >= 0.3 is 0 Å². The molecule has 0 spiro atoms. The fourth-order valence-corrected chi connectivity index (χ4v) is 4.04.